The molecule has 0 amide bonds. The standard InChI is InChI=1S/C15H26O2Si/c1-10(2)18(11(3)4,12(5)6)8-7-13-9-14(13)15(16)17/h10-14H,9H2,1-6H3,(H,16,17)/t13-,14+/m1/s1. The summed E-state index contributed by atoms with van der Waals surface area (Å²) in [6.45, 7) is 13.7. The van der Waals surface area contributed by atoms with E-state index < -0.39 is 14.0 Å². The van der Waals surface area contributed by atoms with Gasteiger partial charge >= 0.3 is 5.97 Å². The van der Waals surface area contributed by atoms with Crippen molar-refractivity contribution in [2.75, 3.05) is 0 Å². The fourth-order valence-corrected chi connectivity index (χ4v) is 8.58. The molecule has 1 N–H and O–H groups in total. The van der Waals surface area contributed by atoms with Gasteiger partial charge in [0.25, 0.3) is 0 Å². The summed E-state index contributed by atoms with van der Waals surface area (Å²) in [5.74, 6) is 2.54. The summed E-state index contributed by atoms with van der Waals surface area (Å²) in [5.41, 5.74) is 5.46. The van der Waals surface area contributed by atoms with Crippen molar-refractivity contribution in [1.82, 2.24) is 0 Å². The number of hydrogen-bond acceptors (Lipinski definition) is 1. The largest absolute Gasteiger partial charge is 0.481 e. The minimum absolute atomic E-state index is 0.116. The van der Waals surface area contributed by atoms with E-state index in [9.17, 15) is 4.79 Å². The van der Waals surface area contributed by atoms with Crippen molar-refractivity contribution in [2.45, 2.75) is 64.6 Å². The maximum atomic E-state index is 10.8. The molecule has 1 saturated carbocycles. The van der Waals surface area contributed by atoms with Crippen molar-refractivity contribution in [1.29, 1.82) is 0 Å². The molecule has 2 nitrogen and oxygen atoms in total. The van der Waals surface area contributed by atoms with Crippen molar-refractivity contribution < 1.29 is 9.90 Å². The van der Waals surface area contributed by atoms with E-state index in [0.29, 0.717) is 16.6 Å². The molecule has 1 rings (SSSR count). The fourth-order valence-electron chi connectivity index (χ4n) is 3.28. The van der Waals surface area contributed by atoms with Crippen LogP contribution >= 0.6 is 0 Å². The predicted molar refractivity (Wildman–Crippen MR) is 78.1 cm³/mol. The monoisotopic (exact) mass is 266 g/mol. The SMILES string of the molecule is CC(C)[Si](C#C[C@@H]1C[C@@H]1C(=O)O)(C(C)C)C(C)C. The fraction of sp³-hybridized carbons (Fsp3) is 0.800. The lowest BCUT2D eigenvalue weighted by molar-refractivity contribution is -0.138. The molecule has 0 aromatic carbocycles. The van der Waals surface area contributed by atoms with Crippen molar-refractivity contribution in [3.05, 3.63) is 0 Å². The van der Waals surface area contributed by atoms with Crippen LogP contribution in [-0.2, 0) is 4.79 Å². The van der Waals surface area contributed by atoms with E-state index in [4.69, 9.17) is 5.11 Å². The van der Waals surface area contributed by atoms with Gasteiger partial charge in [0.2, 0.25) is 0 Å². The molecule has 3 heteroatoms. The first-order valence-corrected chi connectivity index (χ1v) is 9.22. The van der Waals surface area contributed by atoms with Gasteiger partial charge in [-0.2, -0.15) is 0 Å². The molecule has 0 bridgehead atoms. The molecular weight excluding hydrogens is 240 g/mol. The topological polar surface area (TPSA) is 37.3 Å². The van der Waals surface area contributed by atoms with Gasteiger partial charge in [0, 0.05) is 5.92 Å². The predicted octanol–water partition coefficient (Wildman–Crippen LogP) is 3.93. The highest BCUT2D eigenvalue weighted by atomic mass is 28.3. The maximum Gasteiger partial charge on any atom is 0.307 e. The van der Waals surface area contributed by atoms with Crippen LogP contribution in [0, 0.1) is 23.3 Å². The van der Waals surface area contributed by atoms with E-state index in [-0.39, 0.29) is 11.8 Å². The van der Waals surface area contributed by atoms with Crippen LogP contribution in [0.3, 0.4) is 0 Å². The van der Waals surface area contributed by atoms with Crippen molar-refractivity contribution in [2.24, 2.45) is 11.8 Å². The van der Waals surface area contributed by atoms with Crippen LogP contribution in [0.15, 0.2) is 0 Å². The van der Waals surface area contributed by atoms with E-state index in [1.54, 1.807) is 0 Å². The summed E-state index contributed by atoms with van der Waals surface area (Å²) >= 11 is 0. The zero-order chi connectivity index (χ0) is 14.1. The summed E-state index contributed by atoms with van der Waals surface area (Å²) in [7, 11) is -1.67. The molecule has 102 valence electrons. The van der Waals surface area contributed by atoms with Gasteiger partial charge in [-0.25, -0.2) is 0 Å². The molecule has 2 atom stereocenters. The third-order valence-corrected chi connectivity index (χ3v) is 10.8. The third kappa shape index (κ3) is 2.80. The first-order valence-electron chi connectivity index (χ1n) is 6.99. The highest BCUT2D eigenvalue weighted by molar-refractivity contribution is 6.90. The first kappa shape index (κ1) is 15.3. The lowest BCUT2D eigenvalue weighted by Gasteiger charge is -2.38. The molecule has 1 aliphatic carbocycles. The Kier molecular flexibility index (Phi) is 4.66. The van der Waals surface area contributed by atoms with Crippen molar-refractivity contribution in [3.8, 4) is 11.5 Å². The lowest BCUT2D eigenvalue weighted by Crippen LogP contribution is -2.43. The van der Waals surface area contributed by atoms with Gasteiger partial charge in [0.05, 0.1) is 5.92 Å². The number of hydrogen-bond donors (Lipinski definition) is 1. The van der Waals surface area contributed by atoms with Crippen LogP contribution in [0.25, 0.3) is 0 Å². The molecular formula is C15H26O2Si. The number of carboxylic acids is 1. The van der Waals surface area contributed by atoms with Crippen LogP contribution in [-0.4, -0.2) is 19.1 Å². The van der Waals surface area contributed by atoms with Crippen molar-refractivity contribution in [3.63, 3.8) is 0 Å². The average molecular weight is 266 g/mol. The normalized spacial score (nSPS) is 23.2. The molecule has 0 aliphatic heterocycles. The molecule has 1 aliphatic rings. The average Bonchev–Trinajstić information content (AvgIpc) is 2.96. The van der Waals surface area contributed by atoms with Crippen LogP contribution in [0.2, 0.25) is 16.6 Å². The molecule has 0 spiro atoms. The molecule has 0 unspecified atom stereocenters. The zero-order valence-electron chi connectivity index (χ0n) is 12.4. The van der Waals surface area contributed by atoms with Gasteiger partial charge in [-0.3, -0.25) is 4.79 Å². The first-order chi connectivity index (χ1) is 8.23. The van der Waals surface area contributed by atoms with Crippen LogP contribution in [0.1, 0.15) is 48.0 Å². The van der Waals surface area contributed by atoms with Crippen molar-refractivity contribution >= 4 is 14.0 Å². The smallest absolute Gasteiger partial charge is 0.307 e. The van der Waals surface area contributed by atoms with E-state index in [2.05, 4.69) is 53.0 Å². The number of rotatable bonds is 4. The highest BCUT2D eigenvalue weighted by Crippen LogP contribution is 2.42. The molecule has 1 fully saturated rings. The summed E-state index contributed by atoms with van der Waals surface area (Å²) in [5, 5.41) is 8.92. The molecule has 0 radical (unpaired) electrons. The second-order valence-corrected chi connectivity index (χ2v) is 12.0. The van der Waals surface area contributed by atoms with Gasteiger partial charge in [-0.1, -0.05) is 41.5 Å². The number of carbonyl (C=O) groups is 1. The zero-order valence-corrected chi connectivity index (χ0v) is 13.4. The maximum absolute atomic E-state index is 10.8. The van der Waals surface area contributed by atoms with E-state index >= 15 is 0 Å². The Labute approximate surface area is 112 Å². The quantitative estimate of drug-likeness (QED) is 0.618. The Bertz CT molecular complexity index is 352. The van der Waals surface area contributed by atoms with Gasteiger partial charge in [0.1, 0.15) is 8.07 Å². The van der Waals surface area contributed by atoms with Crippen LogP contribution in [0.5, 0.6) is 0 Å². The molecule has 18 heavy (non-hydrogen) atoms. The lowest BCUT2D eigenvalue weighted by atomic mass is 10.3. The molecule has 0 aromatic heterocycles. The summed E-state index contributed by atoms with van der Waals surface area (Å²) < 4.78 is 0. The molecule has 0 saturated heterocycles. The minimum Gasteiger partial charge on any atom is -0.481 e. The van der Waals surface area contributed by atoms with Crippen LogP contribution < -0.4 is 0 Å². The highest BCUT2D eigenvalue weighted by Gasteiger charge is 2.45. The second kappa shape index (κ2) is 5.48. The second-order valence-electron chi connectivity index (χ2n) is 6.45. The Morgan fingerprint density at radius 3 is 1.83 bits per heavy atom. The van der Waals surface area contributed by atoms with E-state index in [1.165, 1.54) is 0 Å². The van der Waals surface area contributed by atoms with Gasteiger partial charge < -0.3 is 5.11 Å². The summed E-state index contributed by atoms with van der Waals surface area (Å²) in [4.78, 5) is 10.8. The van der Waals surface area contributed by atoms with Gasteiger partial charge in [-0.15, -0.1) is 11.5 Å². The minimum atomic E-state index is -1.67. The van der Waals surface area contributed by atoms with Gasteiger partial charge in [-0.05, 0) is 23.0 Å². The van der Waals surface area contributed by atoms with Gasteiger partial charge in [0.15, 0.2) is 0 Å². The van der Waals surface area contributed by atoms with Crippen LogP contribution in [0.4, 0.5) is 0 Å². The molecule has 0 heterocycles. The number of carboxylic acid groups (broad SMARTS) is 1. The number of aliphatic carboxylic acids is 1. The Balaban J connectivity index is 2.94. The summed E-state index contributed by atoms with van der Waals surface area (Å²) in [6.07, 6.45) is 0.751. The summed E-state index contributed by atoms with van der Waals surface area (Å²) in [6, 6.07) is 0. The molecule has 0 aromatic rings. The third-order valence-electron chi connectivity index (χ3n) is 4.45. The Morgan fingerprint density at radius 2 is 1.56 bits per heavy atom. The Hall–Kier alpha value is -0.753. The Morgan fingerprint density at radius 1 is 1.11 bits per heavy atom. The van der Waals surface area contributed by atoms with E-state index in [0.717, 1.165) is 6.42 Å². The van der Waals surface area contributed by atoms with E-state index in [1.807, 2.05) is 0 Å².